The molecule has 9 nitrogen and oxygen atoms in total. The number of allylic oxidation sites excluding steroid dienone is 2. The lowest BCUT2D eigenvalue weighted by molar-refractivity contribution is -0.152. The van der Waals surface area contributed by atoms with E-state index in [2.05, 4.69) is 33.8 Å². The quantitative estimate of drug-likeness (QED) is 0.309. The summed E-state index contributed by atoms with van der Waals surface area (Å²) in [5.74, 6) is 0.981. The molecule has 2 fully saturated rings. The average Bonchev–Trinajstić information content (AvgIpc) is 3.29. The molecule has 1 aliphatic heterocycles. The van der Waals surface area contributed by atoms with Gasteiger partial charge < -0.3 is 26.0 Å². The molecular weight excluding hydrogens is 494 g/mol. The van der Waals surface area contributed by atoms with Crippen molar-refractivity contribution in [3.8, 4) is 0 Å². The molecule has 3 unspecified atom stereocenters. The van der Waals surface area contributed by atoms with Crippen LogP contribution in [0.15, 0.2) is 66.3 Å². The first-order chi connectivity index (χ1) is 18.6. The lowest BCUT2D eigenvalue weighted by Crippen LogP contribution is -2.58. The molecule has 0 saturated heterocycles. The van der Waals surface area contributed by atoms with Crippen molar-refractivity contribution < 1.29 is 19.7 Å². The Morgan fingerprint density at radius 2 is 2.03 bits per heavy atom. The highest BCUT2D eigenvalue weighted by molar-refractivity contribution is 5.95. The molecule has 39 heavy (non-hydrogen) atoms. The number of hydrogen-bond acceptors (Lipinski definition) is 9. The molecule has 2 aromatic heterocycles. The summed E-state index contributed by atoms with van der Waals surface area (Å²) in [5.41, 5.74) is 7.12. The minimum Gasteiger partial charge on any atom is -0.423 e. The molecule has 0 bridgehead atoms. The molecule has 2 saturated carbocycles. The third-order valence-electron chi connectivity index (χ3n) is 9.27. The highest BCUT2D eigenvalue weighted by Gasteiger charge is 2.58. The van der Waals surface area contributed by atoms with Gasteiger partial charge in [-0.2, -0.15) is 0 Å². The summed E-state index contributed by atoms with van der Waals surface area (Å²) in [7, 11) is 0. The van der Waals surface area contributed by atoms with Gasteiger partial charge in [0.15, 0.2) is 0 Å². The van der Waals surface area contributed by atoms with E-state index in [9.17, 15) is 15.0 Å². The molecule has 0 aromatic carbocycles. The second kappa shape index (κ2) is 10.5. The van der Waals surface area contributed by atoms with Crippen molar-refractivity contribution in [2.45, 2.75) is 58.1 Å². The normalized spacial score (nSPS) is 32.4. The molecule has 206 valence electrons. The number of fused-ring (bicyclic) bond motifs is 1. The number of anilines is 2. The number of pyridine rings is 1. The number of nitrogens with zero attached hydrogens (tertiary/aromatic N) is 3. The van der Waals surface area contributed by atoms with Crippen LogP contribution in [-0.2, 0) is 9.53 Å². The Morgan fingerprint density at radius 3 is 2.72 bits per heavy atom. The molecule has 0 spiro atoms. The topological polar surface area (TPSA) is 143 Å². The lowest BCUT2D eigenvalue weighted by atomic mass is 9.46. The van der Waals surface area contributed by atoms with Gasteiger partial charge in [-0.15, -0.1) is 0 Å². The number of rotatable bonds is 7. The van der Waals surface area contributed by atoms with E-state index in [-0.39, 0.29) is 29.8 Å². The van der Waals surface area contributed by atoms with Crippen LogP contribution in [0.25, 0.3) is 6.08 Å². The van der Waals surface area contributed by atoms with Gasteiger partial charge in [-0.05, 0) is 73.6 Å². The van der Waals surface area contributed by atoms with E-state index in [4.69, 9.17) is 10.5 Å². The minimum absolute atomic E-state index is 0.0584. The summed E-state index contributed by atoms with van der Waals surface area (Å²) in [6.07, 6.45) is 11.5. The van der Waals surface area contributed by atoms with Crippen LogP contribution in [0.3, 0.4) is 0 Å². The van der Waals surface area contributed by atoms with Crippen molar-refractivity contribution in [1.82, 2.24) is 15.0 Å². The van der Waals surface area contributed by atoms with Crippen molar-refractivity contribution in [2.75, 3.05) is 17.7 Å². The number of aliphatic hydroxyl groups is 2. The van der Waals surface area contributed by atoms with E-state index in [1.165, 1.54) is 0 Å². The first-order valence-corrected chi connectivity index (χ1v) is 13.5. The molecule has 0 radical (unpaired) electrons. The number of aliphatic hydroxyl groups excluding tert-OH is 2. The smallest absolute Gasteiger partial charge is 0.341 e. The van der Waals surface area contributed by atoms with Crippen molar-refractivity contribution in [3.05, 3.63) is 71.9 Å². The van der Waals surface area contributed by atoms with Crippen molar-refractivity contribution in [1.29, 1.82) is 0 Å². The van der Waals surface area contributed by atoms with Gasteiger partial charge in [0.05, 0.1) is 24.3 Å². The van der Waals surface area contributed by atoms with Gasteiger partial charge in [0.1, 0.15) is 11.6 Å². The maximum atomic E-state index is 13.2. The van der Waals surface area contributed by atoms with E-state index in [0.717, 1.165) is 24.8 Å². The standard InChI is InChI=1S/C30H37N5O4/c1-18-7-8-24-29(2,10-9-25(37)30(24,3)17-36)22(18)14-23(35-26-6-4-5-11-32-26)21-13-20(39-27(21)38)12-19-15-33-28(31)34-16-19/h4-6,11-13,15-16,22-25,36-37H,1,7-10,14,17H2,2-3H3,(H,32,35)(H2,31,33,34)/b20-12+/t22?,23?,24?,25-,29-,30+/m1/s1. The molecule has 2 aliphatic carbocycles. The number of hydrogen-bond donors (Lipinski definition) is 4. The van der Waals surface area contributed by atoms with Crippen LogP contribution in [0.4, 0.5) is 11.8 Å². The van der Waals surface area contributed by atoms with E-state index in [0.29, 0.717) is 35.6 Å². The first-order valence-electron chi connectivity index (χ1n) is 13.5. The third-order valence-corrected chi connectivity index (χ3v) is 9.27. The van der Waals surface area contributed by atoms with Crippen LogP contribution in [0, 0.1) is 22.7 Å². The summed E-state index contributed by atoms with van der Waals surface area (Å²) >= 11 is 0. The number of cyclic esters (lactones) is 1. The molecular formula is C30H37N5O4. The van der Waals surface area contributed by atoms with E-state index >= 15 is 0 Å². The molecule has 6 atom stereocenters. The fraction of sp³-hybridized carbons (Fsp3) is 0.467. The second-order valence-corrected chi connectivity index (χ2v) is 11.6. The van der Waals surface area contributed by atoms with Crippen LogP contribution in [0.1, 0.15) is 51.5 Å². The Morgan fingerprint density at radius 1 is 1.26 bits per heavy atom. The number of nitrogen functional groups attached to an aromatic ring is 1. The van der Waals surface area contributed by atoms with Crippen LogP contribution >= 0.6 is 0 Å². The average molecular weight is 532 g/mol. The number of carbonyl (C=O) groups is 1. The summed E-state index contributed by atoms with van der Waals surface area (Å²) < 4.78 is 5.63. The molecule has 5 N–H and O–H groups in total. The van der Waals surface area contributed by atoms with Gasteiger partial charge in [0, 0.05) is 29.6 Å². The van der Waals surface area contributed by atoms with Crippen molar-refractivity contribution >= 4 is 23.8 Å². The molecule has 9 heteroatoms. The van der Waals surface area contributed by atoms with Crippen LogP contribution in [0.5, 0.6) is 0 Å². The van der Waals surface area contributed by atoms with Crippen LogP contribution < -0.4 is 11.1 Å². The fourth-order valence-corrected chi connectivity index (χ4v) is 7.07. The molecule has 2 aromatic rings. The first kappa shape index (κ1) is 27.0. The van der Waals surface area contributed by atoms with Crippen LogP contribution in [0.2, 0.25) is 0 Å². The Labute approximate surface area is 228 Å². The molecule has 3 heterocycles. The van der Waals surface area contributed by atoms with E-state index < -0.39 is 23.5 Å². The number of esters is 1. The second-order valence-electron chi connectivity index (χ2n) is 11.6. The third kappa shape index (κ3) is 5.08. The summed E-state index contributed by atoms with van der Waals surface area (Å²) in [6, 6.07) is 5.21. The summed E-state index contributed by atoms with van der Waals surface area (Å²) in [6.45, 7) is 8.67. The maximum absolute atomic E-state index is 13.2. The Kier molecular flexibility index (Phi) is 7.31. The molecule has 5 rings (SSSR count). The Bertz CT molecular complexity index is 1290. The SMILES string of the molecule is C=C1CCC2[C@](C)(CC[C@@H](O)[C@@]2(C)CO)C1CC(Nc1ccccn1)C1=C/C(=C\c2cnc(N)nc2)OC1=O. The van der Waals surface area contributed by atoms with Crippen LogP contribution in [-0.4, -0.2) is 49.9 Å². The number of aromatic nitrogens is 3. The number of nitrogens with two attached hydrogens (primary N) is 1. The molecule has 0 amide bonds. The van der Waals surface area contributed by atoms with E-state index in [1.807, 2.05) is 25.1 Å². The fourth-order valence-electron chi connectivity index (χ4n) is 7.07. The zero-order valence-corrected chi connectivity index (χ0v) is 22.5. The largest absolute Gasteiger partial charge is 0.423 e. The zero-order valence-electron chi connectivity index (χ0n) is 22.5. The van der Waals surface area contributed by atoms with E-state index in [1.54, 1.807) is 30.7 Å². The van der Waals surface area contributed by atoms with Crippen molar-refractivity contribution in [2.24, 2.45) is 22.7 Å². The number of nitrogens with one attached hydrogen (secondary N) is 1. The van der Waals surface area contributed by atoms with Crippen molar-refractivity contribution in [3.63, 3.8) is 0 Å². The van der Waals surface area contributed by atoms with Gasteiger partial charge in [0.25, 0.3) is 0 Å². The van der Waals surface area contributed by atoms with Gasteiger partial charge in [0.2, 0.25) is 5.95 Å². The minimum atomic E-state index is -0.585. The summed E-state index contributed by atoms with van der Waals surface area (Å²) in [5, 5.41) is 24.7. The monoisotopic (exact) mass is 531 g/mol. The predicted octanol–water partition coefficient (Wildman–Crippen LogP) is 3.89. The van der Waals surface area contributed by atoms with Gasteiger partial charge in [-0.3, -0.25) is 0 Å². The Hall–Kier alpha value is -3.56. The molecule has 3 aliphatic rings. The summed E-state index contributed by atoms with van der Waals surface area (Å²) in [4.78, 5) is 25.7. The zero-order chi connectivity index (χ0) is 27.8. The Balaban J connectivity index is 1.49. The highest BCUT2D eigenvalue weighted by atomic mass is 16.5. The number of carbonyl (C=O) groups excluding carboxylic acids is 1. The maximum Gasteiger partial charge on any atom is 0.341 e. The lowest BCUT2D eigenvalue weighted by Gasteiger charge is -2.60. The van der Waals surface area contributed by atoms with Gasteiger partial charge in [-0.25, -0.2) is 19.7 Å². The number of ether oxygens (including phenoxy) is 1. The van der Waals surface area contributed by atoms with Gasteiger partial charge >= 0.3 is 5.97 Å². The van der Waals surface area contributed by atoms with Gasteiger partial charge in [-0.1, -0.05) is 32.1 Å². The highest BCUT2D eigenvalue weighted by Crippen LogP contribution is 2.62. The predicted molar refractivity (Wildman–Crippen MR) is 149 cm³/mol.